The van der Waals surface area contributed by atoms with Crippen LogP contribution in [-0.2, 0) is 6.54 Å². The van der Waals surface area contributed by atoms with E-state index in [1.54, 1.807) is 0 Å². The molecule has 1 aliphatic heterocycles. The number of piperidine rings is 1. The lowest BCUT2D eigenvalue weighted by atomic mass is 10.0. The Morgan fingerprint density at radius 1 is 1.06 bits per heavy atom. The Hall–Kier alpha value is -1.02. The summed E-state index contributed by atoms with van der Waals surface area (Å²) in [6.45, 7) is 7.94. The van der Waals surface area contributed by atoms with Gasteiger partial charge in [-0.1, -0.05) is 6.42 Å². The van der Waals surface area contributed by atoms with Crippen molar-refractivity contribution in [3.05, 3.63) is 28.8 Å². The Balaban J connectivity index is 2.14. The minimum Gasteiger partial charge on any atom is -0.399 e. The van der Waals surface area contributed by atoms with Crippen molar-refractivity contribution in [3.63, 3.8) is 0 Å². The van der Waals surface area contributed by atoms with Crippen LogP contribution in [0.1, 0.15) is 36.0 Å². The molecule has 1 saturated heterocycles. The molecule has 1 aromatic carbocycles. The van der Waals surface area contributed by atoms with Gasteiger partial charge in [0.05, 0.1) is 0 Å². The van der Waals surface area contributed by atoms with Gasteiger partial charge in [0.15, 0.2) is 0 Å². The van der Waals surface area contributed by atoms with Crippen molar-refractivity contribution in [1.29, 1.82) is 0 Å². The van der Waals surface area contributed by atoms with E-state index in [1.165, 1.54) is 49.0 Å². The molecule has 0 spiro atoms. The lowest BCUT2D eigenvalue weighted by Crippen LogP contribution is -2.29. The number of nitrogens with zero attached hydrogens (tertiary/aromatic N) is 1. The predicted octanol–water partition coefficient (Wildman–Crippen LogP) is 2.87. The molecule has 0 saturated carbocycles. The summed E-state index contributed by atoms with van der Waals surface area (Å²) in [7, 11) is 0. The summed E-state index contributed by atoms with van der Waals surface area (Å²) in [5.74, 6) is 0. The fourth-order valence-electron chi connectivity index (χ4n) is 2.62. The van der Waals surface area contributed by atoms with Gasteiger partial charge in [0.2, 0.25) is 0 Å². The molecule has 88 valence electrons. The van der Waals surface area contributed by atoms with Crippen molar-refractivity contribution in [2.45, 2.75) is 39.7 Å². The van der Waals surface area contributed by atoms with Crippen molar-refractivity contribution in [1.82, 2.24) is 4.90 Å². The van der Waals surface area contributed by atoms with Gasteiger partial charge in [-0.3, -0.25) is 4.90 Å². The number of nitrogens with two attached hydrogens (primary N) is 1. The highest BCUT2D eigenvalue weighted by molar-refractivity contribution is 5.48. The van der Waals surface area contributed by atoms with Crippen LogP contribution >= 0.6 is 0 Å². The monoisotopic (exact) mass is 218 g/mol. The van der Waals surface area contributed by atoms with E-state index < -0.39 is 0 Å². The van der Waals surface area contributed by atoms with E-state index in [1.807, 2.05) is 0 Å². The molecule has 0 bridgehead atoms. The van der Waals surface area contributed by atoms with Gasteiger partial charge in [0, 0.05) is 12.2 Å². The first-order chi connectivity index (χ1) is 7.66. The van der Waals surface area contributed by atoms with Crippen LogP contribution in [0.15, 0.2) is 12.1 Å². The van der Waals surface area contributed by atoms with Gasteiger partial charge in [-0.15, -0.1) is 0 Å². The third-order valence-corrected chi connectivity index (χ3v) is 3.55. The van der Waals surface area contributed by atoms with Gasteiger partial charge in [-0.25, -0.2) is 0 Å². The zero-order valence-electron chi connectivity index (χ0n) is 10.4. The Morgan fingerprint density at radius 3 is 2.19 bits per heavy atom. The molecule has 0 amide bonds. The number of aryl methyl sites for hydroxylation is 2. The van der Waals surface area contributed by atoms with Crippen LogP contribution in [0.2, 0.25) is 0 Å². The molecule has 0 atom stereocenters. The third kappa shape index (κ3) is 2.56. The second-order valence-electron chi connectivity index (χ2n) is 4.97. The third-order valence-electron chi connectivity index (χ3n) is 3.55. The maximum absolute atomic E-state index is 5.85. The molecular formula is C14H22N2. The lowest BCUT2D eigenvalue weighted by molar-refractivity contribution is 0.220. The number of nitrogen functional groups attached to an aromatic ring is 1. The number of hydrogen-bond acceptors (Lipinski definition) is 2. The highest BCUT2D eigenvalue weighted by Crippen LogP contribution is 2.21. The first-order valence-electron chi connectivity index (χ1n) is 6.25. The first-order valence-corrected chi connectivity index (χ1v) is 6.25. The Bertz CT molecular complexity index is 342. The molecule has 0 unspecified atom stereocenters. The molecular weight excluding hydrogens is 196 g/mol. The van der Waals surface area contributed by atoms with Crippen LogP contribution in [0, 0.1) is 13.8 Å². The predicted molar refractivity (Wildman–Crippen MR) is 69.5 cm³/mol. The average Bonchev–Trinajstić information content (AvgIpc) is 2.25. The highest BCUT2D eigenvalue weighted by atomic mass is 15.1. The summed E-state index contributed by atoms with van der Waals surface area (Å²) in [5, 5.41) is 0. The van der Waals surface area contributed by atoms with Gasteiger partial charge in [0.25, 0.3) is 0 Å². The van der Waals surface area contributed by atoms with Crippen molar-refractivity contribution in [2.75, 3.05) is 18.8 Å². The summed E-state index contributed by atoms with van der Waals surface area (Å²) in [6.07, 6.45) is 4.11. The summed E-state index contributed by atoms with van der Waals surface area (Å²) >= 11 is 0. The van der Waals surface area contributed by atoms with Crippen molar-refractivity contribution in [2.24, 2.45) is 0 Å². The summed E-state index contributed by atoms with van der Waals surface area (Å²) < 4.78 is 0. The van der Waals surface area contributed by atoms with Crippen molar-refractivity contribution in [3.8, 4) is 0 Å². The molecule has 0 aliphatic carbocycles. The SMILES string of the molecule is Cc1cc(N)cc(C)c1CN1CCCCC1. The highest BCUT2D eigenvalue weighted by Gasteiger charge is 2.13. The topological polar surface area (TPSA) is 29.3 Å². The minimum absolute atomic E-state index is 0.886. The van der Waals surface area contributed by atoms with E-state index in [-0.39, 0.29) is 0 Å². The molecule has 2 rings (SSSR count). The van der Waals surface area contributed by atoms with Crippen LogP contribution in [0.5, 0.6) is 0 Å². The molecule has 0 radical (unpaired) electrons. The molecule has 0 aromatic heterocycles. The van der Waals surface area contributed by atoms with Crippen LogP contribution in [0.25, 0.3) is 0 Å². The van der Waals surface area contributed by atoms with E-state index >= 15 is 0 Å². The van der Waals surface area contributed by atoms with E-state index in [9.17, 15) is 0 Å². The summed E-state index contributed by atoms with van der Waals surface area (Å²) in [6, 6.07) is 4.18. The molecule has 1 aliphatic rings. The lowest BCUT2D eigenvalue weighted by Gasteiger charge is -2.27. The van der Waals surface area contributed by atoms with Crippen LogP contribution in [-0.4, -0.2) is 18.0 Å². The number of likely N-dealkylation sites (tertiary alicyclic amines) is 1. The zero-order valence-corrected chi connectivity index (χ0v) is 10.4. The standard InChI is InChI=1S/C14H22N2/c1-11-8-13(15)9-12(2)14(11)10-16-6-4-3-5-7-16/h8-9H,3-7,10,15H2,1-2H3. The number of anilines is 1. The van der Waals surface area contributed by atoms with Crippen molar-refractivity contribution < 1.29 is 0 Å². The van der Waals surface area contributed by atoms with Crippen LogP contribution in [0.3, 0.4) is 0 Å². The Kier molecular flexibility index (Phi) is 3.49. The fourth-order valence-corrected chi connectivity index (χ4v) is 2.62. The largest absolute Gasteiger partial charge is 0.399 e. The second-order valence-corrected chi connectivity index (χ2v) is 4.97. The number of hydrogen-bond donors (Lipinski definition) is 1. The molecule has 16 heavy (non-hydrogen) atoms. The minimum atomic E-state index is 0.886. The molecule has 1 fully saturated rings. The molecule has 2 heteroatoms. The average molecular weight is 218 g/mol. The zero-order chi connectivity index (χ0) is 11.5. The van der Waals surface area contributed by atoms with E-state index in [4.69, 9.17) is 5.73 Å². The second kappa shape index (κ2) is 4.88. The molecule has 2 N–H and O–H groups in total. The summed E-state index contributed by atoms with van der Waals surface area (Å²) in [5.41, 5.74) is 10.9. The van der Waals surface area contributed by atoms with Gasteiger partial charge in [-0.2, -0.15) is 0 Å². The van der Waals surface area contributed by atoms with Gasteiger partial charge < -0.3 is 5.73 Å². The first kappa shape index (κ1) is 11.5. The number of benzene rings is 1. The molecule has 1 aromatic rings. The molecule has 1 heterocycles. The number of rotatable bonds is 2. The smallest absolute Gasteiger partial charge is 0.0319 e. The van der Waals surface area contributed by atoms with Gasteiger partial charge in [0.1, 0.15) is 0 Å². The normalized spacial score (nSPS) is 17.6. The van der Waals surface area contributed by atoms with E-state index in [0.717, 1.165) is 12.2 Å². The van der Waals surface area contributed by atoms with Gasteiger partial charge >= 0.3 is 0 Å². The van der Waals surface area contributed by atoms with Crippen LogP contribution in [0.4, 0.5) is 5.69 Å². The molecule has 2 nitrogen and oxygen atoms in total. The Labute approximate surface area is 98.4 Å². The fraction of sp³-hybridized carbons (Fsp3) is 0.571. The maximum Gasteiger partial charge on any atom is 0.0319 e. The quantitative estimate of drug-likeness (QED) is 0.773. The van der Waals surface area contributed by atoms with Crippen molar-refractivity contribution >= 4 is 5.69 Å². The van der Waals surface area contributed by atoms with Gasteiger partial charge in [-0.05, 0) is 68.6 Å². The summed E-state index contributed by atoms with van der Waals surface area (Å²) in [4.78, 5) is 2.56. The van der Waals surface area contributed by atoms with Crippen LogP contribution < -0.4 is 5.73 Å². The van der Waals surface area contributed by atoms with E-state index in [0.29, 0.717) is 0 Å². The Morgan fingerprint density at radius 2 is 1.62 bits per heavy atom. The van der Waals surface area contributed by atoms with E-state index in [2.05, 4.69) is 30.9 Å². The maximum atomic E-state index is 5.85.